The molecule has 3 aromatic rings. The number of anilines is 2. The zero-order valence-electron chi connectivity index (χ0n) is 18.2. The zero-order chi connectivity index (χ0) is 22.9. The summed E-state index contributed by atoms with van der Waals surface area (Å²) < 4.78 is 25.9. The van der Waals surface area contributed by atoms with Crippen molar-refractivity contribution in [2.75, 3.05) is 11.6 Å². The topological polar surface area (TPSA) is 126 Å². The molecule has 1 aliphatic rings. The molecule has 0 radical (unpaired) electrons. The number of halogens is 1. The predicted octanol–water partition coefficient (Wildman–Crippen LogP) is 3.85. The van der Waals surface area contributed by atoms with E-state index in [1.165, 1.54) is 6.26 Å². The lowest BCUT2D eigenvalue weighted by molar-refractivity contribution is 0.369. The monoisotopic (exact) mass is 475 g/mol. The average molecular weight is 476 g/mol. The first kappa shape index (κ1) is 22.6. The van der Waals surface area contributed by atoms with Crippen LogP contribution in [0.15, 0.2) is 24.3 Å². The van der Waals surface area contributed by atoms with Crippen LogP contribution in [-0.4, -0.2) is 45.9 Å². The third-order valence-corrected chi connectivity index (χ3v) is 6.71. The average Bonchev–Trinajstić information content (AvgIpc) is 3.14. The molecule has 2 heterocycles. The van der Waals surface area contributed by atoms with Crippen LogP contribution in [0.3, 0.4) is 0 Å². The number of benzene rings is 1. The molecule has 170 valence electrons. The lowest BCUT2D eigenvalue weighted by atomic mass is 9.83. The minimum atomic E-state index is -3.22. The van der Waals surface area contributed by atoms with Crippen molar-refractivity contribution < 1.29 is 8.42 Å². The minimum absolute atomic E-state index is 0.0414. The van der Waals surface area contributed by atoms with Crippen LogP contribution in [0.2, 0.25) is 5.02 Å². The number of aromatic nitrogens is 5. The summed E-state index contributed by atoms with van der Waals surface area (Å²) in [6.07, 6.45) is 4.36. The van der Waals surface area contributed by atoms with Crippen LogP contribution in [0.25, 0.3) is 11.4 Å². The fourth-order valence-electron chi connectivity index (χ4n) is 4.11. The Morgan fingerprint density at radius 3 is 2.41 bits per heavy atom. The molecule has 11 heteroatoms. The van der Waals surface area contributed by atoms with E-state index >= 15 is 0 Å². The van der Waals surface area contributed by atoms with Gasteiger partial charge in [0.05, 0.1) is 17.0 Å². The molecule has 2 aromatic heterocycles. The highest BCUT2D eigenvalue weighted by molar-refractivity contribution is 7.88. The van der Waals surface area contributed by atoms with Gasteiger partial charge in [-0.05, 0) is 51.7 Å². The van der Waals surface area contributed by atoms with E-state index in [4.69, 9.17) is 21.6 Å². The number of H-pyrrole nitrogens is 1. The summed E-state index contributed by atoms with van der Waals surface area (Å²) in [7, 11) is -3.22. The molecule has 4 rings (SSSR count). The van der Waals surface area contributed by atoms with E-state index < -0.39 is 10.0 Å². The number of aryl methyl sites for hydroxylation is 1. The molecule has 9 nitrogen and oxygen atoms in total. The maximum atomic E-state index is 11.6. The van der Waals surface area contributed by atoms with Crippen molar-refractivity contribution in [3.05, 3.63) is 46.4 Å². The van der Waals surface area contributed by atoms with Gasteiger partial charge in [0, 0.05) is 23.1 Å². The quantitative estimate of drug-likeness (QED) is 0.494. The van der Waals surface area contributed by atoms with Gasteiger partial charge in [0.15, 0.2) is 5.82 Å². The molecule has 1 fully saturated rings. The normalized spacial score (nSPS) is 19.1. The van der Waals surface area contributed by atoms with Gasteiger partial charge in [-0.1, -0.05) is 23.7 Å². The van der Waals surface area contributed by atoms with Gasteiger partial charge in [-0.15, -0.1) is 5.10 Å². The molecule has 0 unspecified atom stereocenters. The van der Waals surface area contributed by atoms with Crippen molar-refractivity contribution in [3.8, 4) is 11.4 Å². The number of hydrogen-bond acceptors (Lipinski definition) is 7. The second kappa shape index (κ2) is 9.13. The summed E-state index contributed by atoms with van der Waals surface area (Å²) in [5, 5.41) is 10.8. The molecule has 1 aromatic carbocycles. The fraction of sp³-hybridized carbons (Fsp3) is 0.429. The first-order chi connectivity index (χ1) is 15.2. The van der Waals surface area contributed by atoms with E-state index in [9.17, 15) is 8.42 Å². The summed E-state index contributed by atoms with van der Waals surface area (Å²) in [5.41, 5.74) is 2.60. The molecule has 1 saturated carbocycles. The Kier molecular flexibility index (Phi) is 6.45. The highest BCUT2D eigenvalue weighted by Gasteiger charge is 2.28. The van der Waals surface area contributed by atoms with Gasteiger partial charge < -0.3 is 5.32 Å². The van der Waals surface area contributed by atoms with Crippen molar-refractivity contribution in [2.24, 2.45) is 0 Å². The molecule has 0 bridgehead atoms. The van der Waals surface area contributed by atoms with Gasteiger partial charge in [-0.3, -0.25) is 5.10 Å². The maximum absolute atomic E-state index is 11.6. The Morgan fingerprint density at radius 1 is 1.06 bits per heavy atom. The van der Waals surface area contributed by atoms with E-state index in [0.717, 1.165) is 42.5 Å². The minimum Gasteiger partial charge on any atom is -0.307 e. The predicted molar refractivity (Wildman–Crippen MR) is 125 cm³/mol. The molecular formula is C21H26ClN7O2S. The van der Waals surface area contributed by atoms with E-state index in [1.807, 2.05) is 38.1 Å². The van der Waals surface area contributed by atoms with Crippen molar-refractivity contribution in [3.63, 3.8) is 0 Å². The smallest absolute Gasteiger partial charge is 0.247 e. The summed E-state index contributed by atoms with van der Waals surface area (Å²) in [6, 6.07) is 7.43. The third kappa shape index (κ3) is 5.25. The van der Waals surface area contributed by atoms with Gasteiger partial charge in [0.1, 0.15) is 11.6 Å². The lowest BCUT2D eigenvalue weighted by Gasteiger charge is -2.29. The van der Waals surface area contributed by atoms with Gasteiger partial charge in [-0.2, -0.15) is 4.98 Å². The third-order valence-electron chi connectivity index (χ3n) is 5.62. The van der Waals surface area contributed by atoms with Gasteiger partial charge >= 0.3 is 0 Å². The van der Waals surface area contributed by atoms with Crippen molar-refractivity contribution >= 4 is 33.4 Å². The maximum Gasteiger partial charge on any atom is 0.247 e. The van der Waals surface area contributed by atoms with E-state index in [0.29, 0.717) is 28.4 Å². The number of sulfonamides is 1. The van der Waals surface area contributed by atoms with E-state index in [1.54, 1.807) is 0 Å². The van der Waals surface area contributed by atoms with Crippen LogP contribution in [0.5, 0.6) is 0 Å². The molecule has 0 spiro atoms. The van der Waals surface area contributed by atoms with Crippen LogP contribution in [0.1, 0.15) is 48.7 Å². The molecule has 0 aliphatic heterocycles. The molecular weight excluding hydrogens is 450 g/mol. The highest BCUT2D eigenvalue weighted by Crippen LogP contribution is 2.37. The summed E-state index contributed by atoms with van der Waals surface area (Å²) in [4.78, 5) is 14.0. The van der Waals surface area contributed by atoms with Gasteiger partial charge in [0.25, 0.3) is 0 Å². The Morgan fingerprint density at radius 2 is 1.78 bits per heavy atom. The van der Waals surface area contributed by atoms with Crippen LogP contribution in [0.4, 0.5) is 11.8 Å². The van der Waals surface area contributed by atoms with Crippen LogP contribution >= 0.6 is 11.6 Å². The number of hydrogen-bond donors (Lipinski definition) is 3. The molecule has 1 aliphatic carbocycles. The second-order valence-corrected chi connectivity index (χ2v) is 10.4. The summed E-state index contributed by atoms with van der Waals surface area (Å²) in [6.45, 7) is 3.81. The molecule has 3 N–H and O–H groups in total. The molecule has 32 heavy (non-hydrogen) atoms. The Labute approximate surface area is 192 Å². The van der Waals surface area contributed by atoms with Crippen molar-refractivity contribution in [2.45, 2.75) is 51.5 Å². The highest BCUT2D eigenvalue weighted by atomic mass is 35.5. The first-order valence-electron chi connectivity index (χ1n) is 10.5. The Bertz CT molecular complexity index is 1220. The fourth-order valence-corrected chi connectivity index (χ4v) is 5.17. The van der Waals surface area contributed by atoms with Gasteiger partial charge in [0.2, 0.25) is 16.0 Å². The molecule has 0 atom stereocenters. The number of nitrogens with one attached hydrogen (secondary N) is 3. The van der Waals surface area contributed by atoms with Crippen LogP contribution in [-0.2, 0) is 10.0 Å². The van der Waals surface area contributed by atoms with Crippen LogP contribution in [0, 0.1) is 13.8 Å². The first-order valence-corrected chi connectivity index (χ1v) is 12.7. The summed E-state index contributed by atoms with van der Waals surface area (Å²) in [5.74, 6) is 2.47. The number of rotatable bonds is 6. The number of aromatic amines is 1. The largest absolute Gasteiger partial charge is 0.307 e. The van der Waals surface area contributed by atoms with E-state index in [2.05, 4.69) is 25.2 Å². The van der Waals surface area contributed by atoms with Crippen molar-refractivity contribution in [1.29, 1.82) is 0 Å². The SMILES string of the molecule is Cc1nc(Nc2nc(-c3ccccc3Cl)nc(C3CCC(NS(C)(=O)=O)CC3)c2C)n[nH]1. The standard InChI is InChI=1S/C21H26ClN7O2S/c1-12-18(14-8-10-15(11-9-14)29-32(3,30)31)24-20(16-6-4-5-7-17(16)22)25-19(12)26-21-23-13(2)27-28-21/h4-7,14-15,29H,8-11H2,1-3H3,(H2,23,24,25,26,27,28). The van der Waals surface area contributed by atoms with E-state index in [-0.39, 0.29) is 12.0 Å². The second-order valence-electron chi connectivity index (χ2n) is 8.19. The van der Waals surface area contributed by atoms with Crippen molar-refractivity contribution in [1.82, 2.24) is 29.9 Å². The molecule has 0 amide bonds. The lowest BCUT2D eigenvalue weighted by Crippen LogP contribution is -2.36. The number of nitrogens with zero attached hydrogens (tertiary/aromatic N) is 4. The van der Waals surface area contributed by atoms with Crippen LogP contribution < -0.4 is 10.0 Å². The molecule has 0 saturated heterocycles. The zero-order valence-corrected chi connectivity index (χ0v) is 19.8. The van der Waals surface area contributed by atoms with Gasteiger partial charge in [-0.25, -0.2) is 23.1 Å². The Balaban J connectivity index is 1.69. The summed E-state index contributed by atoms with van der Waals surface area (Å²) >= 11 is 6.44. The Hall–Kier alpha value is -2.56.